The van der Waals surface area contributed by atoms with Crippen molar-refractivity contribution in [2.45, 2.75) is 38.2 Å². The van der Waals surface area contributed by atoms with Crippen molar-refractivity contribution in [1.82, 2.24) is 15.3 Å². The maximum atomic E-state index is 12.8. The maximum Gasteiger partial charge on any atom is 0.270 e. The van der Waals surface area contributed by atoms with Gasteiger partial charge in [0.1, 0.15) is 35.2 Å². The number of aliphatic hydroxyl groups excluding tert-OH is 1. The van der Waals surface area contributed by atoms with Crippen molar-refractivity contribution in [1.29, 1.82) is 0 Å². The van der Waals surface area contributed by atoms with E-state index in [1.807, 2.05) is 6.07 Å². The standard InChI is InChI=1S/C23H25N5O7/c1-12-25-15(16-6-20(35-28-16)21-10-32-14(8-29)9-33-21)5-18(26-12)23(31)24-7-13-2-3-19-17(4-13)27-22(30)11-34-19/h2-5,14,20-21,29H,6-11H2,1H3,(H,24,31)(H,27,30)/t14-,20-,21-/m1/s1. The zero-order valence-electron chi connectivity index (χ0n) is 19.0. The molecular formula is C23H25N5O7. The normalized spacial score (nSPS) is 23.4. The van der Waals surface area contributed by atoms with Crippen LogP contribution in [-0.4, -0.2) is 77.3 Å². The molecule has 0 bridgehead atoms. The number of aromatic nitrogens is 2. The number of anilines is 1. The number of nitrogens with one attached hydrogen (secondary N) is 2. The molecule has 184 valence electrons. The SMILES string of the molecule is Cc1nc(C(=O)NCc2ccc3c(c2)NC(=O)CO3)cc(C2=NO[C@@H]([C@H]3CO[C@H](CO)CO3)C2)n1. The van der Waals surface area contributed by atoms with Gasteiger partial charge in [0.05, 0.1) is 31.2 Å². The number of ether oxygens (including phenoxy) is 3. The highest BCUT2D eigenvalue weighted by Crippen LogP contribution is 2.28. The van der Waals surface area contributed by atoms with Crippen LogP contribution in [0.2, 0.25) is 0 Å². The van der Waals surface area contributed by atoms with E-state index in [1.165, 1.54) is 0 Å². The van der Waals surface area contributed by atoms with Gasteiger partial charge in [-0.3, -0.25) is 9.59 Å². The Morgan fingerprint density at radius 1 is 1.20 bits per heavy atom. The number of aryl methyl sites for hydroxylation is 1. The lowest BCUT2D eigenvalue weighted by Crippen LogP contribution is -2.43. The molecule has 0 spiro atoms. The van der Waals surface area contributed by atoms with Crippen LogP contribution in [0.5, 0.6) is 5.75 Å². The van der Waals surface area contributed by atoms with Gasteiger partial charge >= 0.3 is 0 Å². The molecule has 0 unspecified atom stereocenters. The number of oxime groups is 1. The van der Waals surface area contributed by atoms with Gasteiger partial charge in [0, 0.05) is 13.0 Å². The molecule has 1 aromatic heterocycles. The summed E-state index contributed by atoms with van der Waals surface area (Å²) in [7, 11) is 0. The number of fused-ring (bicyclic) bond motifs is 1. The van der Waals surface area contributed by atoms with E-state index in [0.29, 0.717) is 41.7 Å². The highest BCUT2D eigenvalue weighted by Gasteiger charge is 2.35. The summed E-state index contributed by atoms with van der Waals surface area (Å²) < 4.78 is 16.6. The molecular weight excluding hydrogens is 458 g/mol. The fourth-order valence-electron chi connectivity index (χ4n) is 3.97. The monoisotopic (exact) mass is 483 g/mol. The first-order chi connectivity index (χ1) is 17.0. The Hall–Kier alpha value is -3.61. The molecule has 12 nitrogen and oxygen atoms in total. The first kappa shape index (κ1) is 23.1. The topological polar surface area (TPSA) is 153 Å². The predicted octanol–water partition coefficient (Wildman–Crippen LogP) is 0.315. The van der Waals surface area contributed by atoms with Crippen LogP contribution in [-0.2, 0) is 25.7 Å². The summed E-state index contributed by atoms with van der Waals surface area (Å²) >= 11 is 0. The van der Waals surface area contributed by atoms with Gasteiger partial charge in [-0.05, 0) is 30.7 Å². The predicted molar refractivity (Wildman–Crippen MR) is 121 cm³/mol. The quantitative estimate of drug-likeness (QED) is 0.527. The van der Waals surface area contributed by atoms with Crippen molar-refractivity contribution in [3.8, 4) is 5.75 Å². The number of hydrogen-bond acceptors (Lipinski definition) is 10. The second-order valence-corrected chi connectivity index (χ2v) is 8.43. The third kappa shape index (κ3) is 5.24. The van der Waals surface area contributed by atoms with E-state index in [-0.39, 0.29) is 62.2 Å². The van der Waals surface area contributed by atoms with E-state index in [1.54, 1.807) is 25.1 Å². The highest BCUT2D eigenvalue weighted by molar-refractivity contribution is 6.02. The first-order valence-electron chi connectivity index (χ1n) is 11.2. The van der Waals surface area contributed by atoms with Crippen LogP contribution in [0.3, 0.4) is 0 Å². The maximum absolute atomic E-state index is 12.8. The Balaban J connectivity index is 1.21. The summed E-state index contributed by atoms with van der Waals surface area (Å²) in [6, 6.07) is 6.91. The van der Waals surface area contributed by atoms with Gasteiger partial charge in [-0.2, -0.15) is 0 Å². The zero-order chi connectivity index (χ0) is 24.4. The second kappa shape index (κ2) is 9.94. The third-order valence-corrected chi connectivity index (χ3v) is 5.80. The molecule has 4 heterocycles. The fourth-order valence-corrected chi connectivity index (χ4v) is 3.97. The number of nitrogens with zero attached hydrogens (tertiary/aromatic N) is 3. The highest BCUT2D eigenvalue weighted by atomic mass is 16.7. The Morgan fingerprint density at radius 2 is 2.09 bits per heavy atom. The van der Waals surface area contributed by atoms with Crippen molar-refractivity contribution in [3.05, 3.63) is 47.0 Å². The molecule has 2 amide bonds. The van der Waals surface area contributed by atoms with Gasteiger partial charge < -0.3 is 34.8 Å². The number of benzene rings is 1. The van der Waals surface area contributed by atoms with E-state index in [9.17, 15) is 9.59 Å². The Kier molecular flexibility index (Phi) is 6.57. The number of carbonyl (C=O) groups is 2. The Morgan fingerprint density at radius 3 is 2.89 bits per heavy atom. The molecule has 2 aromatic rings. The van der Waals surface area contributed by atoms with Crippen LogP contribution < -0.4 is 15.4 Å². The summed E-state index contributed by atoms with van der Waals surface area (Å²) in [5, 5.41) is 18.9. The van der Waals surface area contributed by atoms with Crippen LogP contribution in [0.15, 0.2) is 29.4 Å². The summed E-state index contributed by atoms with van der Waals surface area (Å²) in [4.78, 5) is 38.6. The molecule has 0 saturated carbocycles. The Labute approximate surface area is 200 Å². The second-order valence-electron chi connectivity index (χ2n) is 8.43. The van der Waals surface area contributed by atoms with Crippen molar-refractivity contribution < 1.29 is 33.7 Å². The van der Waals surface area contributed by atoms with Crippen molar-refractivity contribution in [2.75, 3.05) is 31.7 Å². The molecule has 0 radical (unpaired) electrons. The van der Waals surface area contributed by atoms with Crippen LogP contribution in [0.4, 0.5) is 5.69 Å². The lowest BCUT2D eigenvalue weighted by Gasteiger charge is -2.30. The minimum Gasteiger partial charge on any atom is -0.482 e. The number of hydrogen-bond donors (Lipinski definition) is 3. The fraction of sp³-hybridized carbons (Fsp3) is 0.435. The average Bonchev–Trinajstić information content (AvgIpc) is 3.37. The Bertz CT molecular complexity index is 1160. The van der Waals surface area contributed by atoms with Crippen molar-refractivity contribution in [2.24, 2.45) is 5.16 Å². The summed E-state index contributed by atoms with van der Waals surface area (Å²) in [5.41, 5.74) is 2.66. The molecule has 12 heteroatoms. The van der Waals surface area contributed by atoms with Crippen LogP contribution >= 0.6 is 0 Å². The van der Waals surface area contributed by atoms with Gasteiger partial charge in [-0.1, -0.05) is 11.2 Å². The number of rotatable bonds is 6. The van der Waals surface area contributed by atoms with Gasteiger partial charge in [0.25, 0.3) is 11.8 Å². The molecule has 0 aliphatic carbocycles. The summed E-state index contributed by atoms with van der Waals surface area (Å²) in [6.45, 7) is 2.42. The molecule has 1 saturated heterocycles. The van der Waals surface area contributed by atoms with E-state index in [4.69, 9.17) is 24.2 Å². The van der Waals surface area contributed by atoms with E-state index < -0.39 is 0 Å². The van der Waals surface area contributed by atoms with E-state index in [2.05, 4.69) is 25.8 Å². The lowest BCUT2D eigenvalue weighted by molar-refractivity contribution is -0.178. The summed E-state index contributed by atoms with van der Waals surface area (Å²) in [5.74, 6) is 0.424. The van der Waals surface area contributed by atoms with Crippen molar-refractivity contribution in [3.63, 3.8) is 0 Å². The van der Waals surface area contributed by atoms with Crippen molar-refractivity contribution >= 4 is 23.2 Å². The molecule has 1 aromatic carbocycles. The van der Waals surface area contributed by atoms with Gasteiger partial charge in [0.15, 0.2) is 12.7 Å². The number of aliphatic hydroxyl groups is 1. The first-order valence-corrected chi connectivity index (χ1v) is 11.2. The molecule has 3 aliphatic rings. The average molecular weight is 483 g/mol. The van der Waals surface area contributed by atoms with Crippen LogP contribution in [0.1, 0.15) is 34.0 Å². The summed E-state index contributed by atoms with van der Waals surface area (Å²) in [6.07, 6.45) is -0.535. The molecule has 5 rings (SSSR count). The molecule has 3 atom stereocenters. The smallest absolute Gasteiger partial charge is 0.270 e. The third-order valence-electron chi connectivity index (χ3n) is 5.80. The molecule has 1 fully saturated rings. The van der Waals surface area contributed by atoms with E-state index >= 15 is 0 Å². The van der Waals surface area contributed by atoms with Crippen LogP contribution in [0, 0.1) is 6.92 Å². The minimum absolute atomic E-state index is 0.0127. The molecule has 3 N–H and O–H groups in total. The van der Waals surface area contributed by atoms with E-state index in [0.717, 1.165) is 5.56 Å². The minimum atomic E-state index is -0.370. The number of amides is 2. The van der Waals surface area contributed by atoms with Gasteiger partial charge in [-0.15, -0.1) is 0 Å². The molecule has 3 aliphatic heterocycles. The number of carbonyl (C=O) groups excluding carboxylic acids is 2. The largest absolute Gasteiger partial charge is 0.482 e. The molecule has 35 heavy (non-hydrogen) atoms. The lowest BCUT2D eigenvalue weighted by atomic mass is 10.0. The van der Waals surface area contributed by atoms with Gasteiger partial charge in [0.2, 0.25) is 0 Å². The van der Waals surface area contributed by atoms with Gasteiger partial charge in [-0.25, -0.2) is 9.97 Å². The van der Waals surface area contributed by atoms with Crippen LogP contribution in [0.25, 0.3) is 0 Å². The zero-order valence-corrected chi connectivity index (χ0v) is 19.0.